The molecule has 0 spiro atoms. The average molecular weight is 302 g/mol. The minimum atomic E-state index is -1.09. The number of hydrogen-bond donors (Lipinski definition) is 3. The number of aryl methyl sites for hydroxylation is 2. The van der Waals surface area contributed by atoms with E-state index in [-0.39, 0.29) is 5.92 Å². The molecule has 1 aliphatic heterocycles. The monoisotopic (exact) mass is 302 g/mol. The van der Waals surface area contributed by atoms with E-state index in [0.717, 1.165) is 11.1 Å². The molecule has 2 aliphatic rings. The van der Waals surface area contributed by atoms with Gasteiger partial charge in [0.05, 0.1) is 5.92 Å². The largest absolute Gasteiger partial charge is 0.481 e. The van der Waals surface area contributed by atoms with Crippen molar-refractivity contribution in [3.63, 3.8) is 0 Å². The minimum Gasteiger partial charge on any atom is -0.481 e. The Kier molecular flexibility index (Phi) is 3.39. The first kappa shape index (κ1) is 14.6. The van der Waals surface area contributed by atoms with Crippen molar-refractivity contribution in [2.45, 2.75) is 31.7 Å². The Morgan fingerprint density at radius 1 is 1.36 bits per heavy atom. The first-order valence-electron chi connectivity index (χ1n) is 7.35. The van der Waals surface area contributed by atoms with Crippen molar-refractivity contribution >= 4 is 17.9 Å². The maximum atomic E-state index is 12.3. The molecular formula is C16H18N2O4. The van der Waals surface area contributed by atoms with Crippen molar-refractivity contribution in [1.82, 2.24) is 10.6 Å². The maximum Gasteiger partial charge on any atom is 0.322 e. The molecule has 1 saturated carbocycles. The fourth-order valence-electron chi connectivity index (χ4n) is 3.36. The van der Waals surface area contributed by atoms with E-state index in [0.29, 0.717) is 19.3 Å². The second kappa shape index (κ2) is 5.12. The van der Waals surface area contributed by atoms with Crippen LogP contribution in [0.3, 0.4) is 0 Å². The molecule has 0 aromatic heterocycles. The Bertz CT molecular complexity index is 657. The number of amides is 3. The molecule has 3 rings (SSSR count). The van der Waals surface area contributed by atoms with Crippen LogP contribution in [0.4, 0.5) is 4.79 Å². The molecule has 1 aromatic rings. The van der Waals surface area contributed by atoms with E-state index in [4.69, 9.17) is 5.11 Å². The van der Waals surface area contributed by atoms with Crippen molar-refractivity contribution in [3.05, 3.63) is 35.4 Å². The molecule has 1 aromatic carbocycles. The number of carbonyl (C=O) groups excluding carboxylic acids is 2. The number of carboxylic acid groups (broad SMARTS) is 1. The summed E-state index contributed by atoms with van der Waals surface area (Å²) in [6.07, 6.45) is 1.45. The predicted octanol–water partition coefficient (Wildman–Crippen LogP) is 1.23. The molecule has 1 heterocycles. The molecule has 6 nitrogen and oxygen atoms in total. The topological polar surface area (TPSA) is 95.5 Å². The van der Waals surface area contributed by atoms with E-state index < -0.39 is 29.4 Å². The average Bonchev–Trinajstić information content (AvgIpc) is 3.20. The van der Waals surface area contributed by atoms with Gasteiger partial charge in [0.15, 0.2) is 0 Å². The van der Waals surface area contributed by atoms with Crippen LogP contribution in [0.25, 0.3) is 0 Å². The molecule has 3 amide bonds. The Balaban J connectivity index is 1.82. The molecular weight excluding hydrogens is 284 g/mol. The first-order valence-corrected chi connectivity index (χ1v) is 7.35. The van der Waals surface area contributed by atoms with Crippen LogP contribution >= 0.6 is 0 Å². The summed E-state index contributed by atoms with van der Waals surface area (Å²) in [6, 6.07) is 7.32. The van der Waals surface area contributed by atoms with Gasteiger partial charge in [-0.2, -0.15) is 0 Å². The standard InChI is InChI=1S/C16H18N2O4/c1-9-4-2-3-5-10(9)6-7-16(12-8-11(12)13(19)20)14(21)17-15(22)18-16/h2-5,11-12H,6-8H2,1H3,(H,19,20)(H2,17,18,21,22)/t11-,12-,16?/m0/s1. The highest BCUT2D eigenvalue weighted by atomic mass is 16.4. The van der Waals surface area contributed by atoms with Gasteiger partial charge < -0.3 is 10.4 Å². The highest BCUT2D eigenvalue weighted by molar-refractivity contribution is 6.07. The third kappa shape index (κ3) is 2.34. The number of imide groups is 1. The molecule has 0 bridgehead atoms. The van der Waals surface area contributed by atoms with Crippen molar-refractivity contribution in [1.29, 1.82) is 0 Å². The number of urea groups is 1. The van der Waals surface area contributed by atoms with Crippen LogP contribution in [0.2, 0.25) is 0 Å². The molecule has 3 N–H and O–H groups in total. The smallest absolute Gasteiger partial charge is 0.322 e. The van der Waals surface area contributed by atoms with Gasteiger partial charge >= 0.3 is 12.0 Å². The van der Waals surface area contributed by atoms with Gasteiger partial charge in [-0.15, -0.1) is 0 Å². The molecule has 6 heteroatoms. The third-order valence-electron chi connectivity index (χ3n) is 4.76. The summed E-state index contributed by atoms with van der Waals surface area (Å²) in [5, 5.41) is 14.1. The van der Waals surface area contributed by atoms with Gasteiger partial charge in [0.1, 0.15) is 5.54 Å². The van der Waals surface area contributed by atoms with Crippen LogP contribution in [0, 0.1) is 18.8 Å². The van der Waals surface area contributed by atoms with E-state index in [1.54, 1.807) is 0 Å². The highest BCUT2D eigenvalue weighted by Crippen LogP contribution is 2.49. The van der Waals surface area contributed by atoms with E-state index >= 15 is 0 Å². The lowest BCUT2D eigenvalue weighted by Crippen LogP contribution is -2.50. The zero-order chi connectivity index (χ0) is 15.9. The Labute approximate surface area is 127 Å². The van der Waals surface area contributed by atoms with Gasteiger partial charge in [0.2, 0.25) is 0 Å². The SMILES string of the molecule is Cc1ccccc1CCC1([C@H]2C[C@@H]2C(=O)O)NC(=O)NC1=O. The maximum absolute atomic E-state index is 12.3. The number of rotatable bonds is 5. The van der Waals surface area contributed by atoms with Gasteiger partial charge in [-0.05, 0) is 37.3 Å². The lowest BCUT2D eigenvalue weighted by atomic mass is 9.84. The minimum absolute atomic E-state index is 0.333. The number of carbonyl (C=O) groups is 3. The Hall–Kier alpha value is -2.37. The summed E-state index contributed by atoms with van der Waals surface area (Å²) in [4.78, 5) is 35.0. The van der Waals surface area contributed by atoms with E-state index in [2.05, 4.69) is 10.6 Å². The lowest BCUT2D eigenvalue weighted by Gasteiger charge is -2.26. The van der Waals surface area contributed by atoms with Gasteiger partial charge in [0.25, 0.3) is 5.91 Å². The van der Waals surface area contributed by atoms with Gasteiger partial charge in [0, 0.05) is 5.92 Å². The van der Waals surface area contributed by atoms with Crippen molar-refractivity contribution in [2.75, 3.05) is 0 Å². The van der Waals surface area contributed by atoms with Crippen LogP contribution in [-0.4, -0.2) is 28.6 Å². The second-order valence-corrected chi connectivity index (χ2v) is 6.09. The van der Waals surface area contributed by atoms with Gasteiger partial charge in [-0.25, -0.2) is 4.79 Å². The van der Waals surface area contributed by atoms with Crippen LogP contribution in [-0.2, 0) is 16.0 Å². The Morgan fingerprint density at radius 2 is 2.09 bits per heavy atom. The quantitative estimate of drug-likeness (QED) is 0.713. The zero-order valence-electron chi connectivity index (χ0n) is 12.3. The summed E-state index contributed by atoms with van der Waals surface area (Å²) < 4.78 is 0. The predicted molar refractivity (Wildman–Crippen MR) is 78.1 cm³/mol. The van der Waals surface area contributed by atoms with Crippen LogP contribution in [0.15, 0.2) is 24.3 Å². The van der Waals surface area contributed by atoms with E-state index in [1.165, 1.54) is 0 Å². The Morgan fingerprint density at radius 3 is 2.64 bits per heavy atom. The molecule has 1 aliphatic carbocycles. The number of carboxylic acids is 1. The number of nitrogens with one attached hydrogen (secondary N) is 2. The van der Waals surface area contributed by atoms with Crippen LogP contribution in [0.1, 0.15) is 24.0 Å². The lowest BCUT2D eigenvalue weighted by molar-refractivity contribution is -0.139. The van der Waals surface area contributed by atoms with Crippen molar-refractivity contribution < 1.29 is 19.5 Å². The van der Waals surface area contributed by atoms with Crippen LogP contribution in [0.5, 0.6) is 0 Å². The molecule has 1 saturated heterocycles. The number of benzene rings is 1. The number of hydrogen-bond acceptors (Lipinski definition) is 3. The summed E-state index contributed by atoms with van der Waals surface area (Å²) >= 11 is 0. The molecule has 0 radical (unpaired) electrons. The molecule has 2 fully saturated rings. The normalized spacial score (nSPS) is 29.9. The zero-order valence-corrected chi connectivity index (χ0v) is 12.3. The van der Waals surface area contributed by atoms with Crippen LogP contribution < -0.4 is 10.6 Å². The second-order valence-electron chi connectivity index (χ2n) is 6.09. The highest BCUT2D eigenvalue weighted by Gasteiger charge is 2.62. The number of aliphatic carboxylic acids is 1. The fraction of sp³-hybridized carbons (Fsp3) is 0.438. The summed E-state index contributed by atoms with van der Waals surface area (Å²) in [6.45, 7) is 1.99. The fourth-order valence-corrected chi connectivity index (χ4v) is 3.36. The van der Waals surface area contributed by atoms with E-state index in [1.807, 2.05) is 31.2 Å². The van der Waals surface area contributed by atoms with Crippen molar-refractivity contribution in [2.24, 2.45) is 11.8 Å². The molecule has 3 atom stereocenters. The molecule has 116 valence electrons. The first-order chi connectivity index (χ1) is 10.4. The molecule has 22 heavy (non-hydrogen) atoms. The third-order valence-corrected chi connectivity index (χ3v) is 4.76. The van der Waals surface area contributed by atoms with Crippen molar-refractivity contribution in [3.8, 4) is 0 Å². The summed E-state index contributed by atoms with van der Waals surface area (Å²) in [7, 11) is 0. The molecule has 1 unspecified atom stereocenters. The summed E-state index contributed by atoms with van der Waals surface area (Å²) in [5.74, 6) is -2.20. The van der Waals surface area contributed by atoms with Gasteiger partial charge in [-0.3, -0.25) is 14.9 Å². The summed E-state index contributed by atoms with van der Waals surface area (Å²) in [5.41, 5.74) is 1.12. The van der Waals surface area contributed by atoms with Gasteiger partial charge in [-0.1, -0.05) is 24.3 Å². The van der Waals surface area contributed by atoms with E-state index in [9.17, 15) is 14.4 Å².